The average molecular weight is 522 g/mol. The summed E-state index contributed by atoms with van der Waals surface area (Å²) in [6.45, 7) is 2.96. The first kappa shape index (κ1) is 25.2. The van der Waals surface area contributed by atoms with Crippen LogP contribution in [0.15, 0.2) is 36.7 Å². The minimum Gasteiger partial charge on any atom is -0.365 e. The topological polar surface area (TPSA) is 138 Å². The highest BCUT2D eigenvalue weighted by Gasteiger charge is 2.35. The molecule has 0 saturated heterocycles. The number of hydrogen-bond acceptors (Lipinski definition) is 8. The first-order valence-electron chi connectivity index (χ1n) is 10.8. The molecule has 0 atom stereocenters. The maximum atomic E-state index is 13.7. The van der Waals surface area contributed by atoms with Gasteiger partial charge in [-0.25, -0.2) is 18.4 Å². The Hall–Kier alpha value is -3.94. The normalized spacial score (nSPS) is 13.2. The Labute approximate surface area is 204 Å². The van der Waals surface area contributed by atoms with Gasteiger partial charge in [0, 0.05) is 35.9 Å². The van der Waals surface area contributed by atoms with Crippen LogP contribution in [-0.2, 0) is 34.0 Å². The van der Waals surface area contributed by atoms with Crippen molar-refractivity contribution < 1.29 is 26.4 Å². The Morgan fingerprint density at radius 1 is 1.14 bits per heavy atom. The Kier molecular flexibility index (Phi) is 6.71. The van der Waals surface area contributed by atoms with E-state index in [2.05, 4.69) is 35.6 Å². The maximum Gasteiger partial charge on any atom is 0.421 e. The van der Waals surface area contributed by atoms with Crippen molar-refractivity contribution in [2.24, 2.45) is 0 Å². The zero-order valence-corrected chi connectivity index (χ0v) is 20.0. The van der Waals surface area contributed by atoms with Crippen LogP contribution in [0, 0.1) is 6.92 Å². The van der Waals surface area contributed by atoms with E-state index in [1.165, 1.54) is 13.1 Å². The smallest absolute Gasteiger partial charge is 0.365 e. The van der Waals surface area contributed by atoms with Gasteiger partial charge in [0.25, 0.3) is 0 Å². The zero-order valence-electron chi connectivity index (χ0n) is 19.2. The summed E-state index contributed by atoms with van der Waals surface area (Å²) in [4.78, 5) is 23.4. The third-order valence-electron chi connectivity index (χ3n) is 5.44. The van der Waals surface area contributed by atoms with Gasteiger partial charge in [-0.1, -0.05) is 0 Å². The average Bonchev–Trinajstić information content (AvgIpc) is 3.17. The van der Waals surface area contributed by atoms with Gasteiger partial charge in [0.1, 0.15) is 17.2 Å². The minimum absolute atomic E-state index is 0.0200. The molecule has 3 heterocycles. The summed E-state index contributed by atoms with van der Waals surface area (Å²) in [6, 6.07) is 6.62. The van der Waals surface area contributed by atoms with E-state index in [9.17, 15) is 26.4 Å². The molecule has 10 nitrogen and oxygen atoms in total. The van der Waals surface area contributed by atoms with Crippen LogP contribution in [0.4, 0.5) is 42.1 Å². The van der Waals surface area contributed by atoms with Gasteiger partial charge >= 0.3 is 6.18 Å². The van der Waals surface area contributed by atoms with Crippen LogP contribution < -0.4 is 20.7 Å². The Balaban J connectivity index is 1.62. The molecule has 1 aliphatic rings. The van der Waals surface area contributed by atoms with Crippen molar-refractivity contribution in [3.05, 3.63) is 58.9 Å². The van der Waals surface area contributed by atoms with Crippen molar-refractivity contribution in [3.63, 3.8) is 0 Å². The second-order valence-corrected chi connectivity index (χ2v) is 10.0. The molecule has 0 unspecified atom stereocenters. The van der Waals surface area contributed by atoms with Crippen molar-refractivity contribution in [1.82, 2.24) is 15.0 Å². The third kappa shape index (κ3) is 5.64. The number of sulfonamides is 1. The van der Waals surface area contributed by atoms with E-state index in [4.69, 9.17) is 0 Å². The first-order valence-corrected chi connectivity index (χ1v) is 12.4. The first-order chi connectivity index (χ1) is 16.9. The Morgan fingerprint density at radius 3 is 2.64 bits per heavy atom. The number of amides is 1. The molecule has 0 radical (unpaired) electrons. The van der Waals surface area contributed by atoms with Crippen molar-refractivity contribution in [2.75, 3.05) is 26.4 Å². The van der Waals surface area contributed by atoms with Gasteiger partial charge in [-0.3, -0.25) is 9.52 Å². The molecule has 0 saturated carbocycles. The lowest BCUT2D eigenvalue weighted by molar-refractivity contribution is -0.137. The second-order valence-electron chi connectivity index (χ2n) is 7.99. The molecule has 0 spiro atoms. The molecule has 14 heteroatoms. The molecular formula is C22H22F3N7O3S. The van der Waals surface area contributed by atoms with Crippen LogP contribution in [0.25, 0.3) is 0 Å². The molecule has 0 aliphatic carbocycles. The third-order valence-corrected chi connectivity index (χ3v) is 6.70. The number of pyridine rings is 1. The molecule has 4 rings (SSSR count). The quantitative estimate of drug-likeness (QED) is 0.351. The molecule has 1 amide bonds. The molecule has 4 N–H and O–H groups in total. The molecule has 2 aromatic heterocycles. The van der Waals surface area contributed by atoms with E-state index in [-0.39, 0.29) is 36.4 Å². The summed E-state index contributed by atoms with van der Waals surface area (Å²) in [5.74, 6) is -0.915. The van der Waals surface area contributed by atoms with Crippen LogP contribution in [0.1, 0.15) is 29.2 Å². The van der Waals surface area contributed by atoms with E-state index in [1.807, 2.05) is 0 Å². The molecule has 36 heavy (non-hydrogen) atoms. The van der Waals surface area contributed by atoms with Gasteiger partial charge in [0.05, 0.1) is 12.2 Å². The predicted molar refractivity (Wildman–Crippen MR) is 128 cm³/mol. The number of fused-ring (bicyclic) bond motifs is 1. The summed E-state index contributed by atoms with van der Waals surface area (Å²) in [5.41, 5.74) is 1.80. The molecular weight excluding hydrogens is 499 g/mol. The lowest BCUT2D eigenvalue weighted by Crippen LogP contribution is -2.19. The van der Waals surface area contributed by atoms with E-state index < -0.39 is 27.6 Å². The van der Waals surface area contributed by atoms with E-state index in [0.29, 0.717) is 28.7 Å². The van der Waals surface area contributed by atoms with E-state index in [0.717, 1.165) is 5.56 Å². The Morgan fingerprint density at radius 2 is 1.92 bits per heavy atom. The predicted octanol–water partition coefficient (Wildman–Crippen LogP) is 3.81. The van der Waals surface area contributed by atoms with Gasteiger partial charge in [0.15, 0.2) is 0 Å². The maximum absolute atomic E-state index is 13.7. The molecule has 3 aromatic rings. The summed E-state index contributed by atoms with van der Waals surface area (Å²) < 4.78 is 67.4. The SMILES string of the molecule is CCS(=O)(=O)Nc1nccc(C)c1CNc1nc(Nc2ccc3c(c2)CC(=O)N3)ncc1C(F)(F)F. The molecule has 0 bridgehead atoms. The van der Waals surface area contributed by atoms with Gasteiger partial charge < -0.3 is 16.0 Å². The van der Waals surface area contributed by atoms with Crippen LogP contribution in [-0.4, -0.2) is 35.0 Å². The number of aryl methyl sites for hydroxylation is 1. The van der Waals surface area contributed by atoms with Gasteiger partial charge in [-0.05, 0) is 49.2 Å². The fourth-order valence-electron chi connectivity index (χ4n) is 3.51. The number of anilines is 5. The number of carbonyl (C=O) groups is 1. The number of benzene rings is 1. The van der Waals surface area contributed by atoms with Crippen molar-refractivity contribution in [3.8, 4) is 0 Å². The van der Waals surface area contributed by atoms with Crippen molar-refractivity contribution in [2.45, 2.75) is 33.0 Å². The number of alkyl halides is 3. The zero-order chi connectivity index (χ0) is 26.1. The summed E-state index contributed by atoms with van der Waals surface area (Å²) in [7, 11) is -3.66. The standard InChI is InChI=1S/C22H22F3N7O3S/c1-3-36(34,35)32-19-15(12(2)6-7-26-19)10-27-20-16(22(23,24)25)11-28-21(31-20)29-14-4-5-17-13(8-14)9-18(33)30-17/h4-8,11H,3,9-10H2,1-2H3,(H,26,32)(H,30,33)(H2,27,28,29,31). The summed E-state index contributed by atoms with van der Waals surface area (Å²) in [5, 5.41) is 8.21. The van der Waals surface area contributed by atoms with Gasteiger partial charge in [0.2, 0.25) is 21.9 Å². The fraction of sp³-hybridized carbons (Fsp3) is 0.273. The number of aromatic nitrogens is 3. The molecule has 1 aromatic carbocycles. The van der Waals surface area contributed by atoms with Gasteiger partial charge in [-0.2, -0.15) is 18.2 Å². The number of nitrogens with zero attached hydrogens (tertiary/aromatic N) is 3. The highest BCUT2D eigenvalue weighted by Crippen LogP contribution is 2.35. The highest BCUT2D eigenvalue weighted by atomic mass is 32.2. The highest BCUT2D eigenvalue weighted by molar-refractivity contribution is 7.92. The second kappa shape index (κ2) is 9.60. The van der Waals surface area contributed by atoms with Crippen LogP contribution in [0.2, 0.25) is 0 Å². The monoisotopic (exact) mass is 521 g/mol. The lowest BCUT2D eigenvalue weighted by atomic mass is 10.1. The van der Waals surface area contributed by atoms with Crippen LogP contribution in [0.3, 0.4) is 0 Å². The number of halogens is 3. The Bertz CT molecular complexity index is 1430. The minimum atomic E-state index is -4.74. The number of nitrogens with one attached hydrogen (secondary N) is 4. The van der Waals surface area contributed by atoms with Crippen LogP contribution in [0.5, 0.6) is 0 Å². The van der Waals surface area contributed by atoms with Crippen molar-refractivity contribution in [1.29, 1.82) is 0 Å². The lowest BCUT2D eigenvalue weighted by Gasteiger charge is -2.17. The fourth-order valence-corrected chi connectivity index (χ4v) is 4.13. The molecule has 1 aliphatic heterocycles. The number of hydrogen-bond donors (Lipinski definition) is 4. The largest absolute Gasteiger partial charge is 0.421 e. The number of rotatable bonds is 8. The summed E-state index contributed by atoms with van der Waals surface area (Å²) in [6.07, 6.45) is -2.48. The van der Waals surface area contributed by atoms with E-state index in [1.54, 1.807) is 31.2 Å². The van der Waals surface area contributed by atoms with Gasteiger partial charge in [-0.15, -0.1) is 0 Å². The van der Waals surface area contributed by atoms with Crippen molar-refractivity contribution >= 4 is 44.9 Å². The van der Waals surface area contributed by atoms with E-state index >= 15 is 0 Å². The molecule has 190 valence electrons. The molecule has 0 fully saturated rings. The summed E-state index contributed by atoms with van der Waals surface area (Å²) >= 11 is 0. The van der Waals surface area contributed by atoms with Crippen LogP contribution >= 0.6 is 0 Å². The number of carbonyl (C=O) groups excluding carboxylic acids is 1.